The Morgan fingerprint density at radius 2 is 1.77 bits per heavy atom. The molecule has 9 heteroatoms. The summed E-state index contributed by atoms with van der Waals surface area (Å²) in [6, 6.07) is 10.7. The number of aromatic nitrogens is 2. The average Bonchev–Trinajstić information content (AvgIpc) is 2.75. The summed E-state index contributed by atoms with van der Waals surface area (Å²) in [5.41, 5.74) is 0.984. The molecule has 1 aliphatic rings. The molecule has 0 atom stereocenters. The number of hydrogen-bond acceptors (Lipinski definition) is 4. The van der Waals surface area contributed by atoms with Gasteiger partial charge >= 0.3 is 0 Å². The van der Waals surface area contributed by atoms with E-state index in [0.29, 0.717) is 65.5 Å². The first-order valence-corrected chi connectivity index (χ1v) is 10.4. The molecule has 30 heavy (non-hydrogen) atoms. The average molecular weight is 447 g/mol. The lowest BCUT2D eigenvalue weighted by Gasteiger charge is -2.34. The van der Waals surface area contributed by atoms with E-state index in [0.717, 1.165) is 0 Å². The van der Waals surface area contributed by atoms with Gasteiger partial charge in [0.1, 0.15) is 5.82 Å². The van der Waals surface area contributed by atoms with Crippen molar-refractivity contribution in [2.75, 3.05) is 32.7 Å². The molecule has 1 N–H and O–H groups in total. The summed E-state index contributed by atoms with van der Waals surface area (Å²) in [7, 11) is 0. The summed E-state index contributed by atoms with van der Waals surface area (Å²) in [5.74, 6) is -0.458. The van der Waals surface area contributed by atoms with Crippen molar-refractivity contribution in [1.82, 2.24) is 19.4 Å². The first kappa shape index (κ1) is 20.7. The Kier molecular flexibility index (Phi) is 5.99. The molecule has 4 rings (SSSR count). The van der Waals surface area contributed by atoms with Crippen molar-refractivity contribution in [3.05, 3.63) is 74.0 Å². The molecule has 2 aromatic carbocycles. The second kappa shape index (κ2) is 8.67. The minimum Gasteiger partial charge on any atom is -0.336 e. The second-order valence-electron chi connectivity index (χ2n) is 7.22. The maximum atomic E-state index is 13.1. The van der Waals surface area contributed by atoms with E-state index >= 15 is 0 Å². The van der Waals surface area contributed by atoms with E-state index in [9.17, 15) is 14.0 Å². The standard InChI is InChI=1S/C21H20ClFN4O2S/c22-15-3-6-18-17(13-15)20(29)27(21(30)24-18)12-9-25-7-10-26(11-8-25)19(28)14-1-4-16(23)5-2-14/h1-6,13H,7-12H2,(H,24,30). The summed E-state index contributed by atoms with van der Waals surface area (Å²) in [4.78, 5) is 32.4. The van der Waals surface area contributed by atoms with Crippen LogP contribution >= 0.6 is 23.8 Å². The molecule has 1 amide bonds. The summed E-state index contributed by atoms with van der Waals surface area (Å²) < 4.78 is 15.0. The largest absolute Gasteiger partial charge is 0.336 e. The van der Waals surface area contributed by atoms with Gasteiger partial charge in [-0.3, -0.25) is 19.1 Å². The number of halogens is 2. The lowest BCUT2D eigenvalue weighted by molar-refractivity contribution is 0.0632. The van der Waals surface area contributed by atoms with Gasteiger partial charge in [0.05, 0.1) is 10.9 Å². The van der Waals surface area contributed by atoms with Crippen molar-refractivity contribution in [2.45, 2.75) is 6.54 Å². The molecule has 0 saturated carbocycles. The molecule has 6 nitrogen and oxygen atoms in total. The minimum atomic E-state index is -0.360. The number of carbonyl (C=O) groups excluding carboxylic acids is 1. The summed E-state index contributed by atoms with van der Waals surface area (Å²) in [6.45, 7) is 3.62. The molecule has 1 aliphatic heterocycles. The number of nitrogens with one attached hydrogen (secondary N) is 1. The van der Waals surface area contributed by atoms with Crippen LogP contribution in [0.1, 0.15) is 10.4 Å². The maximum Gasteiger partial charge on any atom is 0.262 e. The smallest absolute Gasteiger partial charge is 0.262 e. The van der Waals surface area contributed by atoms with Gasteiger partial charge in [-0.15, -0.1) is 0 Å². The van der Waals surface area contributed by atoms with Crippen molar-refractivity contribution in [1.29, 1.82) is 0 Å². The number of benzene rings is 2. The molecular weight excluding hydrogens is 427 g/mol. The zero-order valence-electron chi connectivity index (χ0n) is 16.1. The molecule has 3 aromatic rings. The topological polar surface area (TPSA) is 61.3 Å². The van der Waals surface area contributed by atoms with Crippen LogP contribution in [0.2, 0.25) is 5.02 Å². The highest BCUT2D eigenvalue weighted by Crippen LogP contribution is 2.15. The number of piperazine rings is 1. The number of hydrogen-bond donors (Lipinski definition) is 1. The fourth-order valence-corrected chi connectivity index (χ4v) is 4.07. The minimum absolute atomic E-state index is 0.0975. The first-order valence-electron chi connectivity index (χ1n) is 9.62. The highest BCUT2D eigenvalue weighted by atomic mass is 35.5. The molecule has 0 bridgehead atoms. The predicted molar refractivity (Wildman–Crippen MR) is 117 cm³/mol. The number of rotatable bonds is 4. The van der Waals surface area contributed by atoms with Gasteiger partial charge in [0.25, 0.3) is 11.5 Å². The van der Waals surface area contributed by atoms with Gasteiger partial charge < -0.3 is 9.88 Å². The third-order valence-corrected chi connectivity index (χ3v) is 5.89. The Morgan fingerprint density at radius 3 is 2.47 bits per heavy atom. The van der Waals surface area contributed by atoms with E-state index in [1.807, 2.05) is 0 Å². The molecule has 1 fully saturated rings. The molecule has 0 radical (unpaired) electrons. The summed E-state index contributed by atoms with van der Waals surface area (Å²) >= 11 is 11.4. The van der Waals surface area contributed by atoms with E-state index in [2.05, 4.69) is 9.88 Å². The van der Waals surface area contributed by atoms with Crippen molar-refractivity contribution in [3.63, 3.8) is 0 Å². The Bertz CT molecular complexity index is 1200. The lowest BCUT2D eigenvalue weighted by atomic mass is 10.2. The molecule has 156 valence electrons. The normalized spacial score (nSPS) is 14.9. The SMILES string of the molecule is O=C(c1ccc(F)cc1)N1CCN(CCn2c(=S)[nH]c3ccc(Cl)cc3c2=O)CC1. The van der Waals surface area contributed by atoms with Crippen LogP contribution in [0.15, 0.2) is 47.3 Å². The number of carbonyl (C=O) groups is 1. The van der Waals surface area contributed by atoms with Crippen molar-refractivity contribution in [3.8, 4) is 0 Å². The van der Waals surface area contributed by atoms with Crippen LogP contribution in [-0.4, -0.2) is 58.0 Å². The van der Waals surface area contributed by atoms with Crippen LogP contribution in [0.4, 0.5) is 4.39 Å². The zero-order chi connectivity index (χ0) is 21.3. The third kappa shape index (κ3) is 4.30. The molecule has 0 aliphatic carbocycles. The van der Waals surface area contributed by atoms with Gasteiger partial charge in [0.2, 0.25) is 0 Å². The van der Waals surface area contributed by atoms with E-state index in [-0.39, 0.29) is 17.3 Å². The van der Waals surface area contributed by atoms with Gasteiger partial charge in [-0.05, 0) is 54.7 Å². The monoisotopic (exact) mass is 446 g/mol. The third-order valence-electron chi connectivity index (χ3n) is 5.33. The van der Waals surface area contributed by atoms with E-state index < -0.39 is 0 Å². The van der Waals surface area contributed by atoms with Gasteiger partial charge in [0.15, 0.2) is 4.77 Å². The van der Waals surface area contributed by atoms with Crippen molar-refractivity contribution >= 4 is 40.6 Å². The molecule has 0 spiro atoms. The van der Waals surface area contributed by atoms with E-state index in [1.54, 1.807) is 27.7 Å². The molecule has 1 saturated heterocycles. The number of fused-ring (bicyclic) bond motifs is 1. The van der Waals surface area contributed by atoms with Crippen LogP contribution in [0.25, 0.3) is 10.9 Å². The number of H-pyrrole nitrogens is 1. The van der Waals surface area contributed by atoms with Crippen LogP contribution in [0, 0.1) is 10.6 Å². The van der Waals surface area contributed by atoms with Gasteiger partial charge in [0, 0.05) is 49.9 Å². The highest BCUT2D eigenvalue weighted by Gasteiger charge is 2.22. The summed E-state index contributed by atoms with van der Waals surface area (Å²) in [5, 5.41) is 1.00. The quantitative estimate of drug-likeness (QED) is 0.624. The fourth-order valence-electron chi connectivity index (χ4n) is 3.62. The van der Waals surface area contributed by atoms with Crippen molar-refractivity contribution in [2.24, 2.45) is 0 Å². The maximum absolute atomic E-state index is 13.1. The number of aromatic amines is 1. The van der Waals surface area contributed by atoms with Crippen molar-refractivity contribution < 1.29 is 9.18 Å². The Labute approximate surface area is 182 Å². The fraction of sp³-hybridized carbons (Fsp3) is 0.286. The summed E-state index contributed by atoms with van der Waals surface area (Å²) in [6.07, 6.45) is 0. The molecular formula is C21H20ClFN4O2S. The lowest BCUT2D eigenvalue weighted by Crippen LogP contribution is -2.49. The Morgan fingerprint density at radius 1 is 1.07 bits per heavy atom. The Balaban J connectivity index is 1.39. The van der Waals surface area contributed by atoms with Crippen LogP contribution in [-0.2, 0) is 6.54 Å². The molecule has 2 heterocycles. The van der Waals surface area contributed by atoms with Crippen LogP contribution in [0.5, 0.6) is 0 Å². The van der Waals surface area contributed by atoms with Crippen LogP contribution in [0.3, 0.4) is 0 Å². The highest BCUT2D eigenvalue weighted by molar-refractivity contribution is 7.71. The second-order valence-corrected chi connectivity index (χ2v) is 8.04. The van der Waals surface area contributed by atoms with Gasteiger partial charge in [-0.1, -0.05) is 11.6 Å². The Hall–Kier alpha value is -2.55. The van der Waals surface area contributed by atoms with Gasteiger partial charge in [-0.25, -0.2) is 4.39 Å². The first-order chi connectivity index (χ1) is 14.4. The molecule has 0 unspecified atom stereocenters. The number of nitrogens with zero attached hydrogens (tertiary/aromatic N) is 3. The predicted octanol–water partition coefficient (Wildman–Crippen LogP) is 3.31. The van der Waals surface area contributed by atoms with Gasteiger partial charge in [-0.2, -0.15) is 0 Å². The number of amides is 1. The zero-order valence-corrected chi connectivity index (χ0v) is 17.7. The molecule has 1 aromatic heterocycles. The van der Waals surface area contributed by atoms with E-state index in [4.69, 9.17) is 23.8 Å². The van der Waals surface area contributed by atoms with E-state index in [1.165, 1.54) is 24.3 Å². The van der Waals surface area contributed by atoms with Crippen LogP contribution < -0.4 is 5.56 Å².